The Kier molecular flexibility index (Phi) is 2.44. The second-order valence-electron chi connectivity index (χ2n) is 3.91. The van der Waals surface area contributed by atoms with Crippen molar-refractivity contribution in [2.75, 3.05) is 19.6 Å². The van der Waals surface area contributed by atoms with Crippen LogP contribution >= 0.6 is 0 Å². The molecule has 0 spiro atoms. The second-order valence-corrected chi connectivity index (χ2v) is 3.91. The van der Waals surface area contributed by atoms with Gasteiger partial charge in [-0.1, -0.05) is 12.8 Å². The van der Waals surface area contributed by atoms with Crippen LogP contribution in [0, 0.1) is 5.92 Å². The predicted octanol–water partition coefficient (Wildman–Crippen LogP) is 0.738. The third-order valence-electron chi connectivity index (χ3n) is 2.95. The van der Waals surface area contributed by atoms with Crippen molar-refractivity contribution in [1.29, 1.82) is 0 Å². The molecule has 1 aliphatic carbocycles. The minimum absolute atomic E-state index is 0.788. The normalized spacial score (nSPS) is 27.3. The number of hydrogen-bond acceptors (Lipinski definition) is 2. The Labute approximate surface area is 68.7 Å². The molecule has 1 saturated carbocycles. The maximum absolute atomic E-state index is 3.60. The molecule has 0 atom stereocenters. The molecular weight excluding hydrogens is 136 g/mol. The van der Waals surface area contributed by atoms with Gasteiger partial charge in [0.1, 0.15) is 0 Å². The molecule has 2 fully saturated rings. The first-order valence-corrected chi connectivity index (χ1v) is 4.89. The zero-order valence-electron chi connectivity index (χ0n) is 7.10. The van der Waals surface area contributed by atoms with Crippen LogP contribution in [0.25, 0.3) is 0 Å². The van der Waals surface area contributed by atoms with Gasteiger partial charge in [0.05, 0.1) is 0 Å². The summed E-state index contributed by atoms with van der Waals surface area (Å²) in [5.74, 6) is 0.996. The molecule has 2 N–H and O–H groups in total. The molecule has 0 amide bonds. The summed E-state index contributed by atoms with van der Waals surface area (Å²) in [4.78, 5) is 0. The van der Waals surface area contributed by atoms with Gasteiger partial charge in [0.25, 0.3) is 0 Å². The first-order chi connectivity index (χ1) is 5.45. The van der Waals surface area contributed by atoms with Crippen molar-refractivity contribution >= 4 is 0 Å². The molecular formula is C9H18N2. The predicted molar refractivity (Wildman–Crippen MR) is 46.6 cm³/mol. The maximum Gasteiger partial charge on any atom is 0.0317 e. The Balaban J connectivity index is 1.57. The highest BCUT2D eigenvalue weighted by molar-refractivity contribution is 4.82. The van der Waals surface area contributed by atoms with Crippen LogP contribution in [0.3, 0.4) is 0 Å². The molecule has 2 aliphatic rings. The van der Waals surface area contributed by atoms with Gasteiger partial charge in [-0.05, 0) is 25.3 Å². The lowest BCUT2D eigenvalue weighted by molar-refractivity contribution is 0.340. The quantitative estimate of drug-likeness (QED) is 0.626. The summed E-state index contributed by atoms with van der Waals surface area (Å²) in [6.45, 7) is 3.64. The molecule has 2 rings (SSSR count). The van der Waals surface area contributed by atoms with Gasteiger partial charge in [0.15, 0.2) is 0 Å². The van der Waals surface area contributed by atoms with Crippen molar-refractivity contribution in [1.82, 2.24) is 10.6 Å². The molecule has 0 aromatic heterocycles. The van der Waals surface area contributed by atoms with E-state index in [1.165, 1.54) is 45.3 Å². The van der Waals surface area contributed by atoms with Gasteiger partial charge in [0.2, 0.25) is 0 Å². The lowest BCUT2D eigenvalue weighted by atomic mass is 10.1. The molecule has 0 radical (unpaired) electrons. The molecule has 2 nitrogen and oxygen atoms in total. The van der Waals surface area contributed by atoms with Crippen LogP contribution in [-0.2, 0) is 0 Å². The highest BCUT2D eigenvalue weighted by atomic mass is 15.1. The van der Waals surface area contributed by atoms with E-state index in [1.54, 1.807) is 0 Å². The van der Waals surface area contributed by atoms with Crippen molar-refractivity contribution in [2.45, 2.75) is 31.7 Å². The van der Waals surface area contributed by atoms with E-state index in [0.29, 0.717) is 0 Å². The first kappa shape index (κ1) is 7.56. The van der Waals surface area contributed by atoms with Crippen molar-refractivity contribution in [2.24, 2.45) is 5.92 Å². The summed E-state index contributed by atoms with van der Waals surface area (Å²) in [6.07, 6.45) is 5.87. The van der Waals surface area contributed by atoms with Crippen LogP contribution in [0.15, 0.2) is 0 Å². The van der Waals surface area contributed by atoms with Crippen molar-refractivity contribution in [3.05, 3.63) is 0 Å². The molecule has 0 bridgehead atoms. The third kappa shape index (κ3) is 1.94. The van der Waals surface area contributed by atoms with Crippen LogP contribution < -0.4 is 10.6 Å². The van der Waals surface area contributed by atoms with E-state index < -0.39 is 0 Å². The Hall–Kier alpha value is -0.0800. The summed E-state index contributed by atoms with van der Waals surface area (Å²) >= 11 is 0. The fourth-order valence-electron chi connectivity index (χ4n) is 1.98. The summed E-state index contributed by atoms with van der Waals surface area (Å²) in [7, 11) is 0. The number of nitrogens with one attached hydrogen (secondary N) is 2. The van der Waals surface area contributed by atoms with Crippen molar-refractivity contribution in [3.63, 3.8) is 0 Å². The van der Waals surface area contributed by atoms with Gasteiger partial charge >= 0.3 is 0 Å². The van der Waals surface area contributed by atoms with Gasteiger partial charge in [-0.25, -0.2) is 0 Å². The lowest BCUT2D eigenvalue weighted by Gasteiger charge is -2.29. The third-order valence-corrected chi connectivity index (χ3v) is 2.95. The summed E-state index contributed by atoms with van der Waals surface area (Å²) in [6, 6.07) is 0.788. The Morgan fingerprint density at radius 3 is 2.45 bits per heavy atom. The number of rotatable bonds is 3. The Morgan fingerprint density at radius 2 is 1.91 bits per heavy atom. The van der Waals surface area contributed by atoms with Crippen molar-refractivity contribution in [3.8, 4) is 0 Å². The van der Waals surface area contributed by atoms with Crippen LogP contribution in [0.4, 0.5) is 0 Å². The van der Waals surface area contributed by atoms with Gasteiger partial charge in [-0.2, -0.15) is 0 Å². The Bertz CT molecular complexity index is 115. The summed E-state index contributed by atoms with van der Waals surface area (Å²) in [5.41, 5.74) is 0. The van der Waals surface area contributed by atoms with E-state index in [4.69, 9.17) is 0 Å². The van der Waals surface area contributed by atoms with Gasteiger partial charge < -0.3 is 10.6 Å². The topological polar surface area (TPSA) is 24.1 Å². The lowest BCUT2D eigenvalue weighted by Crippen LogP contribution is -2.56. The highest BCUT2D eigenvalue weighted by Crippen LogP contribution is 2.23. The van der Waals surface area contributed by atoms with E-state index >= 15 is 0 Å². The summed E-state index contributed by atoms with van der Waals surface area (Å²) < 4.78 is 0. The van der Waals surface area contributed by atoms with E-state index in [-0.39, 0.29) is 0 Å². The SMILES string of the molecule is C1CCC(CNC2CNC2)C1. The molecule has 1 saturated heterocycles. The molecule has 1 aliphatic heterocycles. The van der Waals surface area contributed by atoms with Gasteiger partial charge in [0, 0.05) is 19.1 Å². The zero-order valence-corrected chi connectivity index (χ0v) is 7.10. The largest absolute Gasteiger partial charge is 0.314 e. The van der Waals surface area contributed by atoms with Crippen LogP contribution in [-0.4, -0.2) is 25.7 Å². The van der Waals surface area contributed by atoms with E-state index in [2.05, 4.69) is 10.6 Å². The second kappa shape index (κ2) is 3.55. The Morgan fingerprint density at radius 1 is 1.18 bits per heavy atom. The maximum atomic E-state index is 3.60. The monoisotopic (exact) mass is 154 g/mol. The smallest absolute Gasteiger partial charge is 0.0317 e. The summed E-state index contributed by atoms with van der Waals surface area (Å²) in [5, 5.41) is 6.87. The molecule has 0 unspecified atom stereocenters. The van der Waals surface area contributed by atoms with Crippen LogP contribution in [0.5, 0.6) is 0 Å². The average molecular weight is 154 g/mol. The number of hydrogen-bond donors (Lipinski definition) is 2. The molecule has 11 heavy (non-hydrogen) atoms. The standard InChI is InChI=1S/C9H18N2/c1-2-4-8(3-1)5-11-9-6-10-7-9/h8-11H,1-7H2. The van der Waals surface area contributed by atoms with Gasteiger partial charge in [-0.3, -0.25) is 0 Å². The molecule has 2 heteroatoms. The first-order valence-electron chi connectivity index (χ1n) is 4.89. The minimum Gasteiger partial charge on any atom is -0.314 e. The zero-order chi connectivity index (χ0) is 7.52. The minimum atomic E-state index is 0.788. The molecule has 0 aromatic rings. The van der Waals surface area contributed by atoms with Gasteiger partial charge in [-0.15, -0.1) is 0 Å². The molecule has 1 heterocycles. The van der Waals surface area contributed by atoms with Crippen LogP contribution in [0.1, 0.15) is 25.7 Å². The fourth-order valence-corrected chi connectivity index (χ4v) is 1.98. The van der Waals surface area contributed by atoms with E-state index in [0.717, 1.165) is 12.0 Å². The molecule has 0 aromatic carbocycles. The van der Waals surface area contributed by atoms with E-state index in [1.807, 2.05) is 0 Å². The van der Waals surface area contributed by atoms with E-state index in [9.17, 15) is 0 Å². The molecule has 64 valence electrons. The highest BCUT2D eigenvalue weighted by Gasteiger charge is 2.19. The average Bonchev–Trinajstić information content (AvgIpc) is 2.36. The van der Waals surface area contributed by atoms with Crippen molar-refractivity contribution < 1.29 is 0 Å². The fraction of sp³-hybridized carbons (Fsp3) is 1.00. The van der Waals surface area contributed by atoms with Crippen LogP contribution in [0.2, 0.25) is 0 Å².